The number of pyridine rings is 1. The Hall–Kier alpha value is -1.99. The van der Waals surface area contributed by atoms with Gasteiger partial charge in [-0.1, -0.05) is 6.07 Å². The molecule has 0 unspecified atom stereocenters. The molecular weight excluding hydrogens is 344 g/mol. The van der Waals surface area contributed by atoms with Gasteiger partial charge in [0.15, 0.2) is 0 Å². The molecule has 2 amide bonds. The number of aromatic nitrogens is 1. The number of nitrogens with one attached hydrogen (secondary N) is 1. The number of hydrogen-bond donors (Lipinski definition) is 2. The molecule has 0 spiro atoms. The Kier molecular flexibility index (Phi) is 7.18. The van der Waals surface area contributed by atoms with Crippen molar-refractivity contribution in [1.29, 1.82) is 0 Å². The summed E-state index contributed by atoms with van der Waals surface area (Å²) in [5.74, 6) is 0.200. The Balaban J connectivity index is 1.45. The monoisotopic (exact) mass is 374 g/mol. The highest BCUT2D eigenvalue weighted by Crippen LogP contribution is 2.24. The van der Waals surface area contributed by atoms with Gasteiger partial charge < -0.3 is 15.3 Å². The fourth-order valence-corrected chi connectivity index (χ4v) is 4.12. The van der Waals surface area contributed by atoms with Gasteiger partial charge in [-0.05, 0) is 43.9 Å². The van der Waals surface area contributed by atoms with E-state index in [0.717, 1.165) is 57.4 Å². The topological polar surface area (TPSA) is 85.8 Å². The Morgan fingerprint density at radius 1 is 1.22 bits per heavy atom. The van der Waals surface area contributed by atoms with Gasteiger partial charge in [0.1, 0.15) is 0 Å². The highest BCUT2D eigenvalue weighted by Gasteiger charge is 2.32. The van der Waals surface area contributed by atoms with Crippen LogP contribution in [0.5, 0.6) is 0 Å². The normalized spacial score (nSPS) is 21.8. The lowest BCUT2D eigenvalue weighted by Crippen LogP contribution is -2.51. The molecule has 3 rings (SSSR count). The third-order valence-corrected chi connectivity index (χ3v) is 5.67. The molecule has 0 aliphatic carbocycles. The summed E-state index contributed by atoms with van der Waals surface area (Å²) in [5, 5.41) is 12.0. The molecule has 2 aliphatic rings. The van der Waals surface area contributed by atoms with Gasteiger partial charge in [0.2, 0.25) is 11.8 Å². The molecule has 1 aromatic heterocycles. The predicted octanol–water partition coefficient (Wildman–Crippen LogP) is 0.783. The lowest BCUT2D eigenvalue weighted by atomic mass is 9.93. The molecule has 2 N–H and O–H groups in total. The fourth-order valence-electron chi connectivity index (χ4n) is 4.12. The summed E-state index contributed by atoms with van der Waals surface area (Å²) in [6.07, 6.45) is 7.58. The molecule has 7 nitrogen and oxygen atoms in total. The summed E-state index contributed by atoms with van der Waals surface area (Å²) in [7, 11) is 0. The fraction of sp³-hybridized carbons (Fsp3) is 0.650. The molecule has 0 saturated carbocycles. The van der Waals surface area contributed by atoms with Crippen molar-refractivity contribution in [3.05, 3.63) is 30.1 Å². The SMILES string of the molecule is O=C(NCc1cccnc1)[C@@H]1CCCN(C2CCN(C(=O)CCO)CC2)C1. The minimum atomic E-state index is -0.0826. The minimum Gasteiger partial charge on any atom is -0.396 e. The first-order valence-corrected chi connectivity index (χ1v) is 9.96. The van der Waals surface area contributed by atoms with E-state index in [0.29, 0.717) is 12.6 Å². The molecule has 2 fully saturated rings. The van der Waals surface area contributed by atoms with Crippen LogP contribution in [0, 0.1) is 5.92 Å². The minimum absolute atomic E-state index is 0.0319. The first-order chi connectivity index (χ1) is 13.2. The average molecular weight is 374 g/mol. The van der Waals surface area contributed by atoms with E-state index in [-0.39, 0.29) is 30.8 Å². The van der Waals surface area contributed by atoms with Crippen molar-refractivity contribution in [3.63, 3.8) is 0 Å². The zero-order chi connectivity index (χ0) is 19.1. The summed E-state index contributed by atoms with van der Waals surface area (Å²) >= 11 is 0. The summed E-state index contributed by atoms with van der Waals surface area (Å²) in [6.45, 7) is 3.76. The summed E-state index contributed by atoms with van der Waals surface area (Å²) in [6, 6.07) is 4.28. The maximum Gasteiger partial charge on any atom is 0.224 e. The van der Waals surface area contributed by atoms with E-state index < -0.39 is 0 Å². The van der Waals surface area contributed by atoms with Gasteiger partial charge in [0.05, 0.1) is 12.5 Å². The van der Waals surface area contributed by atoms with Gasteiger partial charge in [-0.25, -0.2) is 0 Å². The van der Waals surface area contributed by atoms with E-state index >= 15 is 0 Å². The smallest absolute Gasteiger partial charge is 0.224 e. The van der Waals surface area contributed by atoms with Crippen LogP contribution in [0.25, 0.3) is 0 Å². The molecule has 0 aromatic carbocycles. The zero-order valence-electron chi connectivity index (χ0n) is 15.8. The van der Waals surface area contributed by atoms with Crippen LogP contribution in [-0.2, 0) is 16.1 Å². The molecule has 148 valence electrons. The molecule has 3 heterocycles. The Bertz CT molecular complexity index is 617. The second kappa shape index (κ2) is 9.80. The molecule has 1 atom stereocenters. The summed E-state index contributed by atoms with van der Waals surface area (Å²) < 4.78 is 0. The third kappa shape index (κ3) is 5.49. The number of piperidine rings is 2. The Morgan fingerprint density at radius 3 is 2.74 bits per heavy atom. The maximum absolute atomic E-state index is 12.6. The Labute approximate surface area is 160 Å². The molecule has 27 heavy (non-hydrogen) atoms. The predicted molar refractivity (Wildman–Crippen MR) is 102 cm³/mol. The zero-order valence-corrected chi connectivity index (χ0v) is 15.8. The van der Waals surface area contributed by atoms with Crippen LogP contribution in [0.2, 0.25) is 0 Å². The van der Waals surface area contributed by atoms with E-state index in [1.807, 2.05) is 17.0 Å². The highest BCUT2D eigenvalue weighted by molar-refractivity contribution is 5.79. The van der Waals surface area contributed by atoms with Crippen molar-refractivity contribution < 1.29 is 14.7 Å². The van der Waals surface area contributed by atoms with Gasteiger partial charge in [0.25, 0.3) is 0 Å². The van der Waals surface area contributed by atoms with Crippen LogP contribution in [0.1, 0.15) is 37.7 Å². The number of aliphatic hydroxyl groups excluding tert-OH is 1. The molecule has 0 bridgehead atoms. The quantitative estimate of drug-likeness (QED) is 0.769. The number of aliphatic hydroxyl groups is 1. The standard InChI is InChI=1S/C20H30N4O3/c25-12-7-19(26)23-10-5-18(6-11-23)24-9-2-4-17(15-24)20(27)22-14-16-3-1-8-21-13-16/h1,3,8,13,17-18,25H,2,4-7,9-12,14-15H2,(H,22,27)/t17-/m1/s1. The van der Waals surface area contributed by atoms with Crippen LogP contribution in [-0.4, -0.2) is 70.5 Å². The van der Waals surface area contributed by atoms with E-state index in [2.05, 4.69) is 15.2 Å². The number of rotatable bonds is 6. The van der Waals surface area contributed by atoms with Crippen molar-refractivity contribution in [3.8, 4) is 0 Å². The number of hydrogen-bond acceptors (Lipinski definition) is 5. The van der Waals surface area contributed by atoms with Crippen molar-refractivity contribution in [2.24, 2.45) is 5.92 Å². The summed E-state index contributed by atoms with van der Waals surface area (Å²) in [4.78, 5) is 32.9. The number of nitrogens with zero attached hydrogens (tertiary/aromatic N) is 3. The van der Waals surface area contributed by atoms with E-state index in [9.17, 15) is 9.59 Å². The van der Waals surface area contributed by atoms with Crippen LogP contribution < -0.4 is 5.32 Å². The lowest BCUT2D eigenvalue weighted by Gasteiger charge is -2.42. The lowest BCUT2D eigenvalue weighted by molar-refractivity contribution is -0.133. The number of carbonyl (C=O) groups excluding carboxylic acids is 2. The van der Waals surface area contributed by atoms with E-state index in [1.54, 1.807) is 12.4 Å². The number of carbonyl (C=O) groups is 2. The average Bonchev–Trinajstić information content (AvgIpc) is 2.73. The van der Waals surface area contributed by atoms with Crippen LogP contribution >= 0.6 is 0 Å². The van der Waals surface area contributed by atoms with Crippen LogP contribution in [0.15, 0.2) is 24.5 Å². The molecule has 7 heteroatoms. The van der Waals surface area contributed by atoms with Crippen molar-refractivity contribution in [2.75, 3.05) is 32.8 Å². The summed E-state index contributed by atoms with van der Waals surface area (Å²) in [5.41, 5.74) is 1.01. The molecule has 2 aliphatic heterocycles. The van der Waals surface area contributed by atoms with Gasteiger partial charge in [-0.3, -0.25) is 19.5 Å². The Morgan fingerprint density at radius 2 is 2.04 bits per heavy atom. The van der Waals surface area contributed by atoms with Crippen LogP contribution in [0.4, 0.5) is 0 Å². The maximum atomic E-state index is 12.6. The van der Waals surface area contributed by atoms with Gasteiger partial charge in [-0.15, -0.1) is 0 Å². The number of amides is 2. The van der Waals surface area contributed by atoms with Crippen LogP contribution in [0.3, 0.4) is 0 Å². The molecule has 0 radical (unpaired) electrons. The van der Waals surface area contributed by atoms with E-state index in [1.165, 1.54) is 0 Å². The molecule has 1 aromatic rings. The van der Waals surface area contributed by atoms with Crippen molar-refractivity contribution >= 4 is 11.8 Å². The largest absolute Gasteiger partial charge is 0.396 e. The van der Waals surface area contributed by atoms with Crippen molar-refractivity contribution in [2.45, 2.75) is 44.7 Å². The molecular formula is C20H30N4O3. The first-order valence-electron chi connectivity index (χ1n) is 9.96. The van der Waals surface area contributed by atoms with Crippen molar-refractivity contribution in [1.82, 2.24) is 20.1 Å². The third-order valence-electron chi connectivity index (χ3n) is 5.67. The molecule has 2 saturated heterocycles. The highest BCUT2D eigenvalue weighted by atomic mass is 16.3. The second-order valence-corrected chi connectivity index (χ2v) is 7.50. The van der Waals surface area contributed by atoms with Gasteiger partial charge in [-0.2, -0.15) is 0 Å². The first kappa shape index (κ1) is 19.8. The van der Waals surface area contributed by atoms with E-state index in [4.69, 9.17) is 5.11 Å². The van der Waals surface area contributed by atoms with Gasteiger partial charge >= 0.3 is 0 Å². The second-order valence-electron chi connectivity index (χ2n) is 7.50. The number of likely N-dealkylation sites (tertiary alicyclic amines) is 2. The van der Waals surface area contributed by atoms with Gasteiger partial charge in [0, 0.05) is 51.0 Å².